The number of fused-ring (bicyclic) bond motifs is 3. The molecule has 0 saturated carbocycles. The van der Waals surface area contributed by atoms with Crippen molar-refractivity contribution < 1.29 is 9.47 Å². The fourth-order valence-electron chi connectivity index (χ4n) is 3.30. The first-order chi connectivity index (χ1) is 14.7. The maximum atomic E-state index is 12.5. The number of hydrogen-bond acceptors (Lipinski definition) is 7. The van der Waals surface area contributed by atoms with Crippen LogP contribution in [0, 0.1) is 5.21 Å². The molecule has 30 heavy (non-hydrogen) atoms. The SMILES string of the molecule is O=c1nc2cccnc2nc2ncc(CCOc3cc[n+]([O-])c4ccccc34)cc12. The highest BCUT2D eigenvalue weighted by Gasteiger charge is 2.10. The average molecular weight is 397 g/mol. The third kappa shape index (κ3) is 3.24. The Labute approximate surface area is 170 Å². The molecular weight excluding hydrogens is 382 g/mol. The van der Waals surface area contributed by atoms with E-state index < -0.39 is 5.56 Å². The van der Waals surface area contributed by atoms with Gasteiger partial charge in [0.25, 0.3) is 5.56 Å². The molecule has 0 amide bonds. The van der Waals surface area contributed by atoms with Gasteiger partial charge in [-0.15, -0.1) is 0 Å². The van der Waals surface area contributed by atoms with Crippen LogP contribution in [0.5, 0.6) is 5.75 Å². The van der Waals surface area contributed by atoms with Crippen LogP contribution in [-0.2, 0) is 6.42 Å². The summed E-state index contributed by atoms with van der Waals surface area (Å²) in [5, 5.41) is 13.0. The Morgan fingerprint density at radius 3 is 2.80 bits per heavy atom. The standard InChI is InChI=1S/C22H15N5O3/c28-22-16-12-14(13-24-20(16)26-21-17(25-22)5-3-9-23-21)8-11-30-19-7-10-27(29)18-6-2-1-4-15(18)19/h1-7,9-10,12-13H,8,11H2. The molecule has 4 heterocycles. The lowest BCUT2D eigenvalue weighted by atomic mass is 10.2. The van der Waals surface area contributed by atoms with E-state index in [4.69, 9.17) is 4.74 Å². The van der Waals surface area contributed by atoms with E-state index in [-0.39, 0.29) is 0 Å². The number of nitrogens with zero attached hydrogens (tertiary/aromatic N) is 5. The minimum absolute atomic E-state index is 0.305. The van der Waals surface area contributed by atoms with Crippen LogP contribution in [0.2, 0.25) is 0 Å². The maximum Gasteiger partial charge on any atom is 0.281 e. The Balaban J connectivity index is 1.43. The minimum atomic E-state index is -0.398. The maximum absolute atomic E-state index is 12.5. The Hall–Kier alpha value is -4.20. The van der Waals surface area contributed by atoms with Gasteiger partial charge in [0, 0.05) is 30.9 Å². The Bertz CT molecular complexity index is 1470. The average Bonchev–Trinajstić information content (AvgIpc) is 2.91. The molecule has 8 heteroatoms. The number of benzene rings is 1. The van der Waals surface area contributed by atoms with E-state index in [0.29, 0.717) is 46.5 Å². The molecule has 0 atom stereocenters. The van der Waals surface area contributed by atoms with E-state index >= 15 is 0 Å². The van der Waals surface area contributed by atoms with Crippen molar-refractivity contribution in [3.8, 4) is 5.75 Å². The second-order valence-electron chi connectivity index (χ2n) is 6.71. The summed E-state index contributed by atoms with van der Waals surface area (Å²) in [4.78, 5) is 29.5. The first-order valence-corrected chi connectivity index (χ1v) is 9.34. The predicted octanol–water partition coefficient (Wildman–Crippen LogP) is 2.34. The highest BCUT2D eigenvalue weighted by Crippen LogP contribution is 2.22. The van der Waals surface area contributed by atoms with Gasteiger partial charge in [0.05, 0.1) is 17.4 Å². The molecule has 0 aliphatic rings. The third-order valence-electron chi connectivity index (χ3n) is 4.77. The number of rotatable bonds is 4. The molecule has 0 unspecified atom stereocenters. The summed E-state index contributed by atoms with van der Waals surface area (Å²) in [5.74, 6) is 0.628. The largest absolute Gasteiger partial charge is 0.618 e. The van der Waals surface area contributed by atoms with Gasteiger partial charge in [-0.05, 0) is 29.8 Å². The highest BCUT2D eigenvalue weighted by atomic mass is 16.5. The van der Waals surface area contributed by atoms with Crippen molar-refractivity contribution >= 4 is 33.1 Å². The third-order valence-corrected chi connectivity index (χ3v) is 4.77. The summed E-state index contributed by atoms with van der Waals surface area (Å²) in [5.41, 5.74) is 2.08. The van der Waals surface area contributed by atoms with Crippen molar-refractivity contribution in [2.45, 2.75) is 6.42 Å². The fraction of sp³-hybridized carbons (Fsp3) is 0.0909. The number of pyridine rings is 3. The highest BCUT2D eigenvalue weighted by molar-refractivity contribution is 5.82. The summed E-state index contributed by atoms with van der Waals surface area (Å²) in [6, 6.07) is 14.0. The molecular formula is C22H15N5O3. The van der Waals surface area contributed by atoms with Gasteiger partial charge in [-0.25, -0.2) is 19.9 Å². The summed E-state index contributed by atoms with van der Waals surface area (Å²) in [7, 11) is 0. The van der Waals surface area contributed by atoms with Crippen molar-refractivity contribution in [1.82, 2.24) is 19.9 Å². The van der Waals surface area contributed by atoms with Gasteiger partial charge >= 0.3 is 0 Å². The molecule has 5 rings (SSSR count). The monoisotopic (exact) mass is 397 g/mol. The van der Waals surface area contributed by atoms with Gasteiger partial charge in [0.1, 0.15) is 11.3 Å². The number of para-hydroxylation sites is 1. The second-order valence-corrected chi connectivity index (χ2v) is 6.71. The van der Waals surface area contributed by atoms with Crippen LogP contribution < -0.4 is 15.0 Å². The zero-order valence-corrected chi connectivity index (χ0v) is 15.7. The smallest absolute Gasteiger partial charge is 0.281 e. The first kappa shape index (κ1) is 17.9. The van der Waals surface area contributed by atoms with E-state index in [1.54, 1.807) is 42.7 Å². The lowest BCUT2D eigenvalue weighted by molar-refractivity contribution is -0.577. The molecule has 5 aromatic rings. The molecule has 0 N–H and O–H groups in total. The first-order valence-electron chi connectivity index (χ1n) is 9.34. The van der Waals surface area contributed by atoms with Gasteiger partial charge in [-0.2, -0.15) is 4.73 Å². The molecule has 0 saturated heterocycles. The molecule has 0 radical (unpaired) electrons. The molecule has 146 valence electrons. The zero-order chi connectivity index (χ0) is 20.5. The van der Waals surface area contributed by atoms with E-state index in [9.17, 15) is 10.0 Å². The molecule has 0 aliphatic carbocycles. The quantitative estimate of drug-likeness (QED) is 0.339. The Morgan fingerprint density at radius 1 is 0.967 bits per heavy atom. The van der Waals surface area contributed by atoms with Gasteiger partial charge < -0.3 is 9.94 Å². The number of hydrogen-bond donors (Lipinski definition) is 0. The molecule has 1 aromatic carbocycles. The predicted molar refractivity (Wildman–Crippen MR) is 111 cm³/mol. The van der Waals surface area contributed by atoms with Crippen molar-refractivity contribution in [2.75, 3.05) is 6.61 Å². The Kier molecular flexibility index (Phi) is 4.36. The van der Waals surface area contributed by atoms with Crippen molar-refractivity contribution in [3.05, 3.63) is 88.2 Å². The lowest BCUT2D eigenvalue weighted by Gasteiger charge is -2.09. The van der Waals surface area contributed by atoms with Crippen LogP contribution >= 0.6 is 0 Å². The fourth-order valence-corrected chi connectivity index (χ4v) is 3.30. The normalized spacial score (nSPS) is 11.2. The summed E-state index contributed by atoms with van der Waals surface area (Å²) >= 11 is 0. The van der Waals surface area contributed by atoms with Gasteiger partial charge in [-0.3, -0.25) is 4.79 Å². The van der Waals surface area contributed by atoms with Crippen LogP contribution in [0.25, 0.3) is 33.1 Å². The lowest BCUT2D eigenvalue weighted by Crippen LogP contribution is -2.26. The molecule has 8 nitrogen and oxygen atoms in total. The summed E-state index contributed by atoms with van der Waals surface area (Å²) in [6.07, 6.45) is 5.22. The van der Waals surface area contributed by atoms with Gasteiger partial charge in [0.15, 0.2) is 17.5 Å². The second kappa shape index (κ2) is 7.32. The van der Waals surface area contributed by atoms with Crippen molar-refractivity contribution in [1.29, 1.82) is 0 Å². The van der Waals surface area contributed by atoms with E-state index in [1.165, 1.54) is 6.20 Å². The van der Waals surface area contributed by atoms with Crippen LogP contribution in [0.15, 0.2) is 71.9 Å². The van der Waals surface area contributed by atoms with Crippen LogP contribution in [-0.4, -0.2) is 26.5 Å². The molecule has 0 fully saturated rings. The summed E-state index contributed by atoms with van der Waals surface area (Å²) in [6.45, 7) is 0.359. The minimum Gasteiger partial charge on any atom is -0.618 e. The molecule has 0 bridgehead atoms. The molecule has 0 aliphatic heterocycles. The molecule has 0 spiro atoms. The number of ether oxygens (including phenoxy) is 1. The van der Waals surface area contributed by atoms with E-state index in [1.807, 2.05) is 18.2 Å². The summed E-state index contributed by atoms with van der Waals surface area (Å²) < 4.78 is 6.71. The van der Waals surface area contributed by atoms with Crippen molar-refractivity contribution in [2.24, 2.45) is 0 Å². The van der Waals surface area contributed by atoms with Crippen molar-refractivity contribution in [3.63, 3.8) is 0 Å². The van der Waals surface area contributed by atoms with E-state index in [0.717, 1.165) is 15.7 Å². The van der Waals surface area contributed by atoms with Crippen LogP contribution in [0.4, 0.5) is 0 Å². The van der Waals surface area contributed by atoms with Gasteiger partial charge in [0.2, 0.25) is 5.52 Å². The van der Waals surface area contributed by atoms with Crippen LogP contribution in [0.3, 0.4) is 0 Å². The van der Waals surface area contributed by atoms with E-state index in [2.05, 4.69) is 19.9 Å². The number of aromatic nitrogens is 5. The van der Waals surface area contributed by atoms with Gasteiger partial charge in [-0.1, -0.05) is 12.1 Å². The Morgan fingerprint density at radius 2 is 1.87 bits per heavy atom. The zero-order valence-electron chi connectivity index (χ0n) is 15.7. The van der Waals surface area contributed by atoms with Crippen LogP contribution in [0.1, 0.15) is 5.56 Å². The molecule has 4 aromatic heterocycles. The topological polar surface area (TPSA) is 105 Å².